The molecule has 1 heterocycles. The number of amides is 1. The number of nitrogens with zero attached hydrogens (tertiary/aromatic N) is 1. The van der Waals surface area contributed by atoms with Crippen LogP contribution in [0.5, 0.6) is 0 Å². The molecule has 1 aromatic rings. The first-order valence-corrected chi connectivity index (χ1v) is 9.18. The molecule has 1 amide bonds. The summed E-state index contributed by atoms with van der Waals surface area (Å²) in [5, 5.41) is 0. The molecule has 4 nitrogen and oxygen atoms in total. The van der Waals surface area contributed by atoms with Gasteiger partial charge in [0, 0.05) is 27.7 Å². The maximum atomic E-state index is 14.3. The maximum absolute atomic E-state index is 14.3. The molecule has 0 bridgehead atoms. The Morgan fingerprint density at radius 1 is 1.48 bits per heavy atom. The number of rotatable bonds is 2. The molecule has 21 heavy (non-hydrogen) atoms. The lowest BCUT2D eigenvalue weighted by molar-refractivity contribution is 0.0737. The van der Waals surface area contributed by atoms with Crippen LogP contribution in [0.3, 0.4) is 0 Å². The highest BCUT2D eigenvalue weighted by atomic mass is 79.9. The van der Waals surface area contributed by atoms with Crippen molar-refractivity contribution in [3.8, 4) is 0 Å². The van der Waals surface area contributed by atoms with E-state index >= 15 is 0 Å². The number of carbonyl (C=O) groups excluding carboxylic acids is 1. The van der Waals surface area contributed by atoms with Crippen molar-refractivity contribution in [2.75, 3.05) is 6.54 Å². The maximum Gasteiger partial charge on any atom is 0.265 e. The fourth-order valence-corrected chi connectivity index (χ4v) is 4.72. The van der Waals surface area contributed by atoms with Crippen molar-refractivity contribution in [2.24, 2.45) is 0 Å². The molecule has 0 radical (unpaired) electrons. The largest absolute Gasteiger partial charge is 0.336 e. The molecule has 116 valence electrons. The number of carbonyl (C=O) groups is 1. The standard InChI is InChI=1S/C12H11BrClF2NO3S/c1-6-3-2-4-17(6)12(18)9-8(15)5-7(13)11(10(9)16)21(14,19)20/h5-6H,2-4H2,1H3. The second-order valence-electron chi connectivity index (χ2n) is 4.79. The van der Waals surface area contributed by atoms with Crippen molar-refractivity contribution >= 4 is 41.6 Å². The minimum absolute atomic E-state index is 0.156. The van der Waals surface area contributed by atoms with Gasteiger partial charge in [0.05, 0.1) is 0 Å². The monoisotopic (exact) mass is 401 g/mol. The lowest BCUT2D eigenvalue weighted by atomic mass is 10.1. The van der Waals surface area contributed by atoms with Crippen LogP contribution in [-0.4, -0.2) is 31.8 Å². The van der Waals surface area contributed by atoms with E-state index < -0.39 is 37.1 Å². The Balaban J connectivity index is 2.62. The van der Waals surface area contributed by atoms with Gasteiger partial charge < -0.3 is 4.90 Å². The number of likely N-dealkylation sites (tertiary alicyclic amines) is 1. The van der Waals surface area contributed by atoms with Crippen LogP contribution >= 0.6 is 26.6 Å². The van der Waals surface area contributed by atoms with Gasteiger partial charge >= 0.3 is 0 Å². The zero-order chi connectivity index (χ0) is 15.9. The summed E-state index contributed by atoms with van der Waals surface area (Å²) in [5.74, 6) is -3.47. The van der Waals surface area contributed by atoms with Crippen LogP contribution < -0.4 is 0 Å². The summed E-state index contributed by atoms with van der Waals surface area (Å²) in [7, 11) is 0.680. The minimum Gasteiger partial charge on any atom is -0.336 e. The van der Waals surface area contributed by atoms with Crippen LogP contribution in [0.15, 0.2) is 15.4 Å². The summed E-state index contributed by atoms with van der Waals surface area (Å²) in [5.41, 5.74) is -0.897. The van der Waals surface area contributed by atoms with Gasteiger partial charge in [0.1, 0.15) is 16.3 Å². The summed E-state index contributed by atoms with van der Waals surface area (Å²) < 4.78 is 50.7. The SMILES string of the molecule is CC1CCCN1C(=O)c1c(F)cc(Br)c(S(=O)(=O)Cl)c1F. The van der Waals surface area contributed by atoms with Crippen molar-refractivity contribution in [3.05, 3.63) is 27.7 Å². The van der Waals surface area contributed by atoms with Gasteiger partial charge in [-0.2, -0.15) is 0 Å². The van der Waals surface area contributed by atoms with Crippen LogP contribution in [0.2, 0.25) is 0 Å². The molecule has 0 aliphatic carbocycles. The zero-order valence-corrected chi connectivity index (χ0v) is 14.0. The summed E-state index contributed by atoms with van der Waals surface area (Å²) in [6, 6.07) is 0.572. The predicted octanol–water partition coefficient (Wildman–Crippen LogP) is 3.28. The number of hydrogen-bond donors (Lipinski definition) is 0. The molecule has 9 heteroatoms. The van der Waals surface area contributed by atoms with E-state index in [1.165, 1.54) is 4.90 Å². The molecule has 1 aliphatic rings. The fraction of sp³-hybridized carbons (Fsp3) is 0.417. The molecule has 2 rings (SSSR count). The molecule has 1 fully saturated rings. The topological polar surface area (TPSA) is 54.5 Å². The fourth-order valence-electron chi connectivity index (χ4n) is 2.37. The van der Waals surface area contributed by atoms with Crippen molar-refractivity contribution < 1.29 is 22.0 Å². The molecule has 1 unspecified atom stereocenters. The third-order valence-corrected chi connectivity index (χ3v) is 5.64. The van der Waals surface area contributed by atoms with Crippen molar-refractivity contribution in [3.63, 3.8) is 0 Å². The van der Waals surface area contributed by atoms with Crippen LogP contribution in [0.4, 0.5) is 8.78 Å². The Morgan fingerprint density at radius 3 is 2.57 bits per heavy atom. The summed E-state index contributed by atoms with van der Waals surface area (Å²) >= 11 is 2.74. The van der Waals surface area contributed by atoms with E-state index in [2.05, 4.69) is 15.9 Å². The Morgan fingerprint density at radius 2 is 2.10 bits per heavy atom. The second kappa shape index (κ2) is 5.81. The van der Waals surface area contributed by atoms with Gasteiger partial charge in [0.15, 0.2) is 5.82 Å². The van der Waals surface area contributed by atoms with Crippen LogP contribution in [0, 0.1) is 11.6 Å². The van der Waals surface area contributed by atoms with Gasteiger partial charge in [-0.15, -0.1) is 0 Å². The summed E-state index contributed by atoms with van der Waals surface area (Å²) in [6.45, 7) is 2.14. The van der Waals surface area contributed by atoms with Gasteiger partial charge in [-0.25, -0.2) is 17.2 Å². The normalized spacial score (nSPS) is 19.1. The highest BCUT2D eigenvalue weighted by molar-refractivity contribution is 9.10. The molecule has 1 saturated heterocycles. The van der Waals surface area contributed by atoms with E-state index in [-0.39, 0.29) is 10.5 Å². The second-order valence-corrected chi connectivity index (χ2v) is 8.14. The van der Waals surface area contributed by atoms with E-state index in [1.807, 2.05) is 0 Å². The van der Waals surface area contributed by atoms with E-state index in [0.29, 0.717) is 6.54 Å². The molecule has 1 aromatic carbocycles. The lowest BCUT2D eigenvalue weighted by Crippen LogP contribution is -2.35. The van der Waals surface area contributed by atoms with Crippen LogP contribution in [-0.2, 0) is 9.05 Å². The van der Waals surface area contributed by atoms with Gasteiger partial charge in [0.25, 0.3) is 15.0 Å². The molecule has 0 N–H and O–H groups in total. The van der Waals surface area contributed by atoms with Gasteiger partial charge in [-0.3, -0.25) is 4.79 Å². The minimum atomic E-state index is -4.46. The number of hydrogen-bond acceptors (Lipinski definition) is 3. The van der Waals surface area contributed by atoms with Gasteiger partial charge in [-0.1, -0.05) is 0 Å². The van der Waals surface area contributed by atoms with Gasteiger partial charge in [0.2, 0.25) is 0 Å². The third-order valence-electron chi connectivity index (χ3n) is 3.40. The Kier molecular flexibility index (Phi) is 4.60. The molecule has 1 aliphatic heterocycles. The van der Waals surface area contributed by atoms with E-state index in [9.17, 15) is 22.0 Å². The molecule has 0 aromatic heterocycles. The van der Waals surface area contributed by atoms with E-state index in [4.69, 9.17) is 10.7 Å². The average Bonchev–Trinajstić information content (AvgIpc) is 2.72. The predicted molar refractivity (Wildman–Crippen MR) is 76.8 cm³/mol. The summed E-state index contributed by atoms with van der Waals surface area (Å²) in [4.78, 5) is 12.7. The molecule has 0 spiro atoms. The Bertz CT molecular complexity index is 711. The lowest BCUT2D eigenvalue weighted by Gasteiger charge is -2.22. The molecular formula is C12H11BrClF2NO3S. The van der Waals surface area contributed by atoms with Crippen molar-refractivity contribution in [1.29, 1.82) is 0 Å². The molecular weight excluding hydrogens is 392 g/mol. The van der Waals surface area contributed by atoms with E-state index in [0.717, 1.165) is 18.9 Å². The zero-order valence-electron chi connectivity index (χ0n) is 10.9. The number of halogens is 4. The van der Waals surface area contributed by atoms with Crippen molar-refractivity contribution in [1.82, 2.24) is 4.90 Å². The third kappa shape index (κ3) is 3.07. The van der Waals surface area contributed by atoms with Crippen LogP contribution in [0.25, 0.3) is 0 Å². The Hall–Kier alpha value is -0.730. The highest BCUT2D eigenvalue weighted by Crippen LogP contribution is 2.33. The first kappa shape index (κ1) is 16.6. The molecule has 1 atom stereocenters. The highest BCUT2D eigenvalue weighted by Gasteiger charge is 2.34. The molecule has 0 saturated carbocycles. The Labute approximate surface area is 133 Å². The first-order valence-electron chi connectivity index (χ1n) is 6.07. The van der Waals surface area contributed by atoms with Crippen LogP contribution in [0.1, 0.15) is 30.1 Å². The quantitative estimate of drug-likeness (QED) is 0.714. The summed E-state index contributed by atoms with van der Waals surface area (Å²) in [6.07, 6.45) is 1.46. The van der Waals surface area contributed by atoms with Gasteiger partial charge in [-0.05, 0) is 41.8 Å². The average molecular weight is 403 g/mol. The first-order chi connectivity index (χ1) is 9.64. The number of benzene rings is 1. The van der Waals surface area contributed by atoms with E-state index in [1.54, 1.807) is 6.92 Å². The van der Waals surface area contributed by atoms with Crippen molar-refractivity contribution in [2.45, 2.75) is 30.7 Å². The smallest absolute Gasteiger partial charge is 0.265 e.